The number of carboxylic acids is 1. The van der Waals surface area contributed by atoms with Crippen molar-refractivity contribution in [2.24, 2.45) is 23.2 Å². The number of carbonyl (C=O) groups excluding carboxylic acids is 1. The van der Waals surface area contributed by atoms with Crippen LogP contribution in [0.1, 0.15) is 60.1 Å². The first-order chi connectivity index (χ1) is 23.1. The minimum absolute atomic E-state index is 0.120. The van der Waals surface area contributed by atoms with Gasteiger partial charge in [-0.25, -0.2) is 9.97 Å². The van der Waals surface area contributed by atoms with Crippen LogP contribution in [-0.4, -0.2) is 97.1 Å². The lowest BCUT2D eigenvalue weighted by Gasteiger charge is -2.66. The predicted molar refractivity (Wildman–Crippen MR) is 165 cm³/mol. The maximum absolute atomic E-state index is 14.6. The van der Waals surface area contributed by atoms with Gasteiger partial charge in [0.2, 0.25) is 5.95 Å². The van der Waals surface area contributed by atoms with Crippen LogP contribution in [0.25, 0.3) is 0 Å². The Kier molecular flexibility index (Phi) is 7.83. The predicted octanol–water partition coefficient (Wildman–Crippen LogP) is 4.03. The smallest absolute Gasteiger partial charge is 0.434 e. The van der Waals surface area contributed by atoms with Gasteiger partial charge >= 0.3 is 12.1 Å². The molecule has 4 heterocycles. The first-order valence-corrected chi connectivity index (χ1v) is 17.0. The number of benzene rings is 1. The maximum atomic E-state index is 14.6. The third-order valence-electron chi connectivity index (χ3n) is 12.1. The molecule has 5 unspecified atom stereocenters. The van der Waals surface area contributed by atoms with Gasteiger partial charge in [-0.2, -0.15) is 13.2 Å². The lowest BCUT2D eigenvalue weighted by molar-refractivity contribution is -0.152. The molecule has 2 saturated heterocycles. The molecular formula is C34H40F3N5O6. The Labute approximate surface area is 276 Å². The molecule has 1 aromatic carbocycles. The fourth-order valence-corrected chi connectivity index (χ4v) is 9.55. The van der Waals surface area contributed by atoms with Gasteiger partial charge in [0.15, 0.2) is 5.69 Å². The number of alkyl halides is 3. The summed E-state index contributed by atoms with van der Waals surface area (Å²) in [5.41, 5.74) is -0.926. The highest BCUT2D eigenvalue weighted by atomic mass is 19.4. The van der Waals surface area contributed by atoms with E-state index in [1.165, 1.54) is 0 Å². The van der Waals surface area contributed by atoms with E-state index in [1.54, 1.807) is 4.90 Å². The average molecular weight is 672 g/mol. The number of aromatic nitrogens is 2. The molecule has 1 aromatic heterocycles. The summed E-state index contributed by atoms with van der Waals surface area (Å²) in [6.45, 7) is 5.85. The van der Waals surface area contributed by atoms with Crippen LogP contribution in [0.2, 0.25) is 0 Å². The van der Waals surface area contributed by atoms with Gasteiger partial charge in [-0.1, -0.05) is 0 Å². The van der Waals surface area contributed by atoms with Crippen molar-refractivity contribution < 1.29 is 42.1 Å². The summed E-state index contributed by atoms with van der Waals surface area (Å²) in [4.78, 5) is 37.5. The summed E-state index contributed by atoms with van der Waals surface area (Å²) in [5.74, 6) is -1.15. The minimum Gasteiger partial charge on any atom is -0.492 e. The van der Waals surface area contributed by atoms with Gasteiger partial charge < -0.3 is 29.5 Å². The summed E-state index contributed by atoms with van der Waals surface area (Å²) in [7, 11) is 0. The van der Waals surface area contributed by atoms with Crippen molar-refractivity contribution in [2.45, 2.75) is 56.2 Å². The Morgan fingerprint density at radius 2 is 1.81 bits per heavy atom. The lowest BCUT2D eigenvalue weighted by Crippen LogP contribution is -2.69. The van der Waals surface area contributed by atoms with E-state index in [-0.39, 0.29) is 28.7 Å². The van der Waals surface area contributed by atoms with Crippen molar-refractivity contribution in [1.82, 2.24) is 20.2 Å². The Bertz CT molecular complexity index is 1600. The van der Waals surface area contributed by atoms with Gasteiger partial charge in [-0.05, 0) is 79.5 Å². The number of rotatable bonds is 8. The first kappa shape index (κ1) is 31.8. The van der Waals surface area contributed by atoms with Gasteiger partial charge in [0, 0.05) is 62.7 Å². The number of amides is 1. The fraction of sp³-hybridized carbons (Fsp3) is 0.647. The van der Waals surface area contributed by atoms with Crippen LogP contribution in [0.15, 0.2) is 24.4 Å². The van der Waals surface area contributed by atoms with Crippen molar-refractivity contribution >= 4 is 23.5 Å². The van der Waals surface area contributed by atoms with E-state index in [0.717, 1.165) is 37.8 Å². The van der Waals surface area contributed by atoms with Crippen molar-refractivity contribution in [3.63, 3.8) is 0 Å². The second-order valence-corrected chi connectivity index (χ2v) is 14.4. The van der Waals surface area contributed by atoms with E-state index in [2.05, 4.69) is 20.2 Å². The highest BCUT2D eigenvalue weighted by molar-refractivity contribution is 5.95. The molecule has 3 aliphatic carbocycles. The molecule has 1 amide bonds. The van der Waals surface area contributed by atoms with Crippen LogP contribution in [0.4, 0.5) is 24.8 Å². The number of nitrogens with one attached hydrogen (secondary N) is 1. The van der Waals surface area contributed by atoms with Gasteiger partial charge in [0.25, 0.3) is 5.91 Å². The SMILES string of the molecule is O=C(NC1CC2CC3CC(C(=O)O)CC321)c1cnc(N2CC3(CCOCC3)c3cc(OCCN4CCOCC4)ccc32)nc1C(F)(F)F. The molecule has 2 spiro atoms. The lowest BCUT2D eigenvalue weighted by atomic mass is 9.41. The molecule has 5 fully saturated rings. The van der Waals surface area contributed by atoms with Crippen molar-refractivity contribution in [3.05, 3.63) is 41.2 Å². The number of hydrogen-bond donors (Lipinski definition) is 2. The molecule has 0 radical (unpaired) electrons. The Balaban J connectivity index is 1.04. The van der Waals surface area contributed by atoms with Crippen LogP contribution in [0.5, 0.6) is 5.75 Å². The molecule has 3 saturated carbocycles. The van der Waals surface area contributed by atoms with E-state index < -0.39 is 35.2 Å². The zero-order valence-electron chi connectivity index (χ0n) is 26.6. The van der Waals surface area contributed by atoms with Crippen molar-refractivity contribution in [1.29, 1.82) is 0 Å². The molecule has 0 bridgehead atoms. The van der Waals surface area contributed by atoms with Crippen LogP contribution >= 0.6 is 0 Å². The van der Waals surface area contributed by atoms with E-state index in [9.17, 15) is 27.9 Å². The summed E-state index contributed by atoms with van der Waals surface area (Å²) in [6, 6.07) is 5.31. The largest absolute Gasteiger partial charge is 0.492 e. The van der Waals surface area contributed by atoms with E-state index in [0.29, 0.717) is 89.0 Å². The van der Waals surface area contributed by atoms with Crippen molar-refractivity contribution in [2.75, 3.05) is 64.1 Å². The molecule has 11 nitrogen and oxygen atoms in total. The number of carboxylic acid groups (broad SMARTS) is 1. The highest BCUT2D eigenvalue weighted by Crippen LogP contribution is 2.72. The average Bonchev–Trinajstić information content (AvgIpc) is 3.59. The molecular weight excluding hydrogens is 631 g/mol. The minimum atomic E-state index is -4.90. The van der Waals surface area contributed by atoms with Crippen LogP contribution < -0.4 is 15.0 Å². The summed E-state index contributed by atoms with van der Waals surface area (Å²) >= 11 is 0. The Hall–Kier alpha value is -3.49. The highest BCUT2D eigenvalue weighted by Gasteiger charge is 2.70. The Morgan fingerprint density at radius 3 is 2.54 bits per heavy atom. The second-order valence-electron chi connectivity index (χ2n) is 14.4. The van der Waals surface area contributed by atoms with Crippen LogP contribution in [0, 0.1) is 23.2 Å². The molecule has 2 aromatic rings. The van der Waals surface area contributed by atoms with Crippen molar-refractivity contribution in [3.8, 4) is 5.75 Å². The number of morpholine rings is 1. The van der Waals surface area contributed by atoms with E-state index >= 15 is 0 Å². The monoisotopic (exact) mass is 671 g/mol. The fourth-order valence-electron chi connectivity index (χ4n) is 9.55. The zero-order chi connectivity index (χ0) is 33.3. The van der Waals surface area contributed by atoms with Gasteiger partial charge in [0.05, 0.1) is 24.7 Å². The molecule has 6 aliphatic rings. The number of anilines is 2. The summed E-state index contributed by atoms with van der Waals surface area (Å²) in [6.07, 6.45) is 0.0196. The van der Waals surface area contributed by atoms with Gasteiger partial charge in [-0.15, -0.1) is 0 Å². The Morgan fingerprint density at radius 1 is 1.06 bits per heavy atom. The molecule has 5 atom stereocenters. The maximum Gasteiger partial charge on any atom is 0.434 e. The van der Waals surface area contributed by atoms with E-state index in [1.807, 2.05) is 18.2 Å². The number of carbonyl (C=O) groups is 2. The van der Waals surface area contributed by atoms with Crippen LogP contribution in [0.3, 0.4) is 0 Å². The van der Waals surface area contributed by atoms with E-state index in [4.69, 9.17) is 14.2 Å². The molecule has 2 N–H and O–H groups in total. The number of aliphatic carboxylic acids is 1. The first-order valence-electron chi connectivity index (χ1n) is 17.0. The zero-order valence-corrected chi connectivity index (χ0v) is 26.6. The number of fused-ring (bicyclic) bond motifs is 2. The molecule has 48 heavy (non-hydrogen) atoms. The molecule has 3 aliphatic heterocycles. The summed E-state index contributed by atoms with van der Waals surface area (Å²) < 4.78 is 60.9. The third kappa shape index (κ3) is 5.22. The molecule has 8 rings (SSSR count). The van der Waals surface area contributed by atoms with Gasteiger partial charge in [0.1, 0.15) is 12.4 Å². The number of nitrogens with zero attached hydrogens (tertiary/aromatic N) is 4. The number of hydrogen-bond acceptors (Lipinski definition) is 9. The topological polar surface area (TPSA) is 126 Å². The number of ether oxygens (including phenoxy) is 3. The van der Waals surface area contributed by atoms with Gasteiger partial charge in [-0.3, -0.25) is 14.5 Å². The molecule has 14 heteroatoms. The van der Waals surface area contributed by atoms with Crippen LogP contribution in [-0.2, 0) is 25.9 Å². The second kappa shape index (κ2) is 11.8. The molecule has 258 valence electrons. The standard InChI is InChI=1S/C34H40F3N5O6/c35-34(36,37)28-24(29(43)39-27-15-22-14-21-13-20(30(44)45)17-33(21,22)27)18-38-31(40-28)42-19-32(3-8-46-9-4-32)25-16-23(1-2-26(25)42)48-12-7-41-5-10-47-11-6-41/h1-2,16,18,20-22,27H,3-15,17,19H2,(H,39,43)(H,44,45). The summed E-state index contributed by atoms with van der Waals surface area (Å²) in [5, 5.41) is 12.4. The quantitative estimate of drug-likeness (QED) is 0.425. The normalized spacial score (nSPS) is 30.5. The third-order valence-corrected chi connectivity index (χ3v) is 12.1. The number of halogens is 3.